The molecule has 0 saturated carbocycles. The summed E-state index contributed by atoms with van der Waals surface area (Å²) in [6.45, 7) is 4.75. The van der Waals surface area contributed by atoms with E-state index in [2.05, 4.69) is 182 Å². The Morgan fingerprint density at radius 1 is 0.362 bits per heavy atom. The van der Waals surface area contributed by atoms with Crippen LogP contribution in [-0.2, 0) is 5.41 Å². The number of hydrogen-bond donors (Lipinski definition) is 0. The van der Waals surface area contributed by atoms with Crippen LogP contribution in [0, 0.1) is 0 Å². The van der Waals surface area contributed by atoms with Crippen LogP contribution in [-0.4, -0.2) is 19.5 Å². The van der Waals surface area contributed by atoms with Crippen molar-refractivity contribution in [1.82, 2.24) is 19.5 Å². The molecule has 9 aromatic carbocycles. The molecule has 4 nitrogen and oxygen atoms in total. The second kappa shape index (κ2) is 12.3. The standard InChI is InChI=1S/C54H36N4/c1-54(2)46-30-37-19-9-8-18-36(37)29-43(46)44-31-45-41-22-12-13-23-48(41)58(50(45)32-47(44)54)49-27-26-42(39-20-10-11-21-40(39)49)53-56-51(34-15-4-3-5-16-34)55-52(57-53)38-25-24-33-14-6-7-17-35(33)28-38/h3-32H,1-2H3. The van der Waals surface area contributed by atoms with Gasteiger partial charge in [-0.1, -0.05) is 147 Å². The van der Waals surface area contributed by atoms with Crippen LogP contribution in [0.3, 0.4) is 0 Å². The van der Waals surface area contributed by atoms with Gasteiger partial charge >= 0.3 is 0 Å². The summed E-state index contributed by atoms with van der Waals surface area (Å²) in [7, 11) is 0. The molecule has 0 aliphatic heterocycles. The van der Waals surface area contributed by atoms with Gasteiger partial charge in [0.15, 0.2) is 17.5 Å². The number of fused-ring (bicyclic) bond motifs is 9. The van der Waals surface area contributed by atoms with E-state index in [-0.39, 0.29) is 5.41 Å². The van der Waals surface area contributed by atoms with Crippen molar-refractivity contribution in [1.29, 1.82) is 0 Å². The Labute approximate surface area is 335 Å². The monoisotopic (exact) mass is 740 g/mol. The smallest absolute Gasteiger partial charge is 0.164 e. The fraction of sp³-hybridized carbons (Fsp3) is 0.0556. The van der Waals surface area contributed by atoms with Crippen molar-refractivity contribution < 1.29 is 0 Å². The predicted molar refractivity (Wildman–Crippen MR) is 241 cm³/mol. The molecule has 2 aromatic heterocycles. The van der Waals surface area contributed by atoms with Crippen molar-refractivity contribution >= 4 is 54.1 Å². The molecule has 58 heavy (non-hydrogen) atoms. The van der Waals surface area contributed by atoms with Crippen molar-refractivity contribution in [3.05, 3.63) is 193 Å². The van der Waals surface area contributed by atoms with E-state index in [0.717, 1.165) is 38.5 Å². The first-order valence-corrected chi connectivity index (χ1v) is 19.9. The molecule has 11 aromatic rings. The van der Waals surface area contributed by atoms with Gasteiger partial charge in [-0.05, 0) is 97.7 Å². The molecule has 1 aliphatic carbocycles. The van der Waals surface area contributed by atoms with E-state index in [1.165, 1.54) is 60.2 Å². The second-order valence-electron chi connectivity index (χ2n) is 16.0. The highest BCUT2D eigenvalue weighted by Gasteiger charge is 2.37. The molecular formula is C54H36N4. The van der Waals surface area contributed by atoms with E-state index >= 15 is 0 Å². The second-order valence-corrected chi connectivity index (χ2v) is 16.0. The molecule has 0 radical (unpaired) electrons. The lowest BCUT2D eigenvalue weighted by molar-refractivity contribution is 0.662. The Bertz CT molecular complexity index is 3490. The Morgan fingerprint density at radius 3 is 1.74 bits per heavy atom. The van der Waals surface area contributed by atoms with E-state index in [1.807, 2.05) is 18.2 Å². The first-order chi connectivity index (χ1) is 28.5. The Morgan fingerprint density at radius 2 is 0.948 bits per heavy atom. The first-order valence-electron chi connectivity index (χ1n) is 19.9. The van der Waals surface area contributed by atoms with Crippen LogP contribution in [0.1, 0.15) is 25.0 Å². The third-order valence-corrected chi connectivity index (χ3v) is 12.4. The summed E-state index contributed by atoms with van der Waals surface area (Å²) in [6.07, 6.45) is 0. The van der Waals surface area contributed by atoms with Gasteiger partial charge in [0.1, 0.15) is 0 Å². The maximum Gasteiger partial charge on any atom is 0.164 e. The highest BCUT2D eigenvalue weighted by molar-refractivity contribution is 6.13. The molecule has 12 rings (SSSR count). The van der Waals surface area contributed by atoms with Crippen LogP contribution in [0.4, 0.5) is 0 Å². The minimum absolute atomic E-state index is 0.159. The first kappa shape index (κ1) is 32.8. The Kier molecular flexibility index (Phi) is 6.94. The number of rotatable bonds is 4. The van der Waals surface area contributed by atoms with E-state index < -0.39 is 0 Å². The average molecular weight is 741 g/mol. The van der Waals surface area contributed by atoms with Gasteiger partial charge in [0.05, 0.1) is 16.7 Å². The highest BCUT2D eigenvalue weighted by Crippen LogP contribution is 2.52. The largest absolute Gasteiger partial charge is 0.309 e. The molecule has 0 N–H and O–H groups in total. The molecule has 0 unspecified atom stereocenters. The van der Waals surface area contributed by atoms with Crippen molar-refractivity contribution in [3.8, 4) is 51.0 Å². The number of benzene rings is 9. The van der Waals surface area contributed by atoms with Gasteiger partial charge in [-0.15, -0.1) is 0 Å². The Hall–Kier alpha value is -7.43. The van der Waals surface area contributed by atoms with Crippen LogP contribution < -0.4 is 0 Å². The average Bonchev–Trinajstić information content (AvgIpc) is 3.71. The number of para-hydroxylation sites is 1. The zero-order chi connectivity index (χ0) is 38.5. The zero-order valence-corrected chi connectivity index (χ0v) is 32.1. The van der Waals surface area contributed by atoms with Gasteiger partial charge in [-0.25, -0.2) is 15.0 Å². The van der Waals surface area contributed by atoms with E-state index in [1.54, 1.807) is 0 Å². The Balaban J connectivity index is 1.08. The maximum atomic E-state index is 5.21. The fourth-order valence-electron chi connectivity index (χ4n) is 9.48. The number of nitrogens with zero attached hydrogens (tertiary/aromatic N) is 4. The summed E-state index contributed by atoms with van der Waals surface area (Å²) in [5.74, 6) is 1.94. The summed E-state index contributed by atoms with van der Waals surface area (Å²) >= 11 is 0. The minimum Gasteiger partial charge on any atom is -0.309 e. The van der Waals surface area contributed by atoms with E-state index in [0.29, 0.717) is 17.5 Å². The van der Waals surface area contributed by atoms with Crippen molar-refractivity contribution in [2.75, 3.05) is 0 Å². The maximum absolute atomic E-state index is 5.21. The fourth-order valence-corrected chi connectivity index (χ4v) is 9.48. The highest BCUT2D eigenvalue weighted by atomic mass is 15.0. The molecule has 0 bridgehead atoms. The molecule has 0 spiro atoms. The predicted octanol–water partition coefficient (Wildman–Crippen LogP) is 13.7. The molecule has 1 aliphatic rings. The number of aromatic nitrogens is 4. The van der Waals surface area contributed by atoms with Gasteiger partial charge in [0, 0.05) is 38.3 Å². The molecule has 0 saturated heterocycles. The van der Waals surface area contributed by atoms with Gasteiger partial charge in [-0.2, -0.15) is 0 Å². The summed E-state index contributed by atoms with van der Waals surface area (Å²) in [5.41, 5.74) is 11.6. The summed E-state index contributed by atoms with van der Waals surface area (Å²) in [5, 5.41) is 9.60. The number of hydrogen-bond acceptors (Lipinski definition) is 3. The summed E-state index contributed by atoms with van der Waals surface area (Å²) in [4.78, 5) is 15.4. The van der Waals surface area contributed by atoms with Crippen LogP contribution in [0.5, 0.6) is 0 Å². The van der Waals surface area contributed by atoms with Crippen molar-refractivity contribution in [3.63, 3.8) is 0 Å². The van der Waals surface area contributed by atoms with Crippen molar-refractivity contribution in [2.45, 2.75) is 19.3 Å². The topological polar surface area (TPSA) is 43.6 Å². The molecule has 4 heteroatoms. The lowest BCUT2D eigenvalue weighted by Crippen LogP contribution is -2.15. The molecule has 0 amide bonds. The minimum atomic E-state index is -0.159. The van der Waals surface area contributed by atoms with Crippen LogP contribution in [0.15, 0.2) is 182 Å². The third kappa shape index (κ3) is 4.85. The van der Waals surface area contributed by atoms with E-state index in [4.69, 9.17) is 15.0 Å². The van der Waals surface area contributed by atoms with Gasteiger partial charge in [0.25, 0.3) is 0 Å². The van der Waals surface area contributed by atoms with Crippen molar-refractivity contribution in [2.24, 2.45) is 0 Å². The lowest BCUT2D eigenvalue weighted by atomic mass is 9.81. The zero-order valence-electron chi connectivity index (χ0n) is 32.1. The summed E-state index contributed by atoms with van der Waals surface area (Å²) in [6, 6.07) is 65.4. The van der Waals surface area contributed by atoms with Gasteiger partial charge < -0.3 is 4.57 Å². The van der Waals surface area contributed by atoms with Crippen LogP contribution in [0.2, 0.25) is 0 Å². The SMILES string of the molecule is CC1(C)c2cc3ccccc3cc2-c2cc3c4ccccc4n(-c4ccc(-c5nc(-c6ccccc6)nc(-c6ccc7ccccc7c6)n5)c5ccccc45)c3cc21. The normalized spacial score (nSPS) is 13.1. The molecular weight excluding hydrogens is 705 g/mol. The van der Waals surface area contributed by atoms with Gasteiger partial charge in [-0.3, -0.25) is 0 Å². The van der Waals surface area contributed by atoms with Gasteiger partial charge in [0.2, 0.25) is 0 Å². The summed E-state index contributed by atoms with van der Waals surface area (Å²) < 4.78 is 2.47. The quantitative estimate of drug-likeness (QED) is 0.180. The van der Waals surface area contributed by atoms with E-state index in [9.17, 15) is 0 Å². The molecule has 0 atom stereocenters. The molecule has 2 heterocycles. The van der Waals surface area contributed by atoms with Crippen LogP contribution in [0.25, 0.3) is 105 Å². The molecule has 272 valence electrons. The van der Waals surface area contributed by atoms with Crippen LogP contribution >= 0.6 is 0 Å². The lowest BCUT2D eigenvalue weighted by Gasteiger charge is -2.22. The third-order valence-electron chi connectivity index (χ3n) is 12.4. The molecule has 0 fully saturated rings.